The Morgan fingerprint density at radius 2 is 2.00 bits per heavy atom. The third-order valence-electron chi connectivity index (χ3n) is 3.13. The lowest BCUT2D eigenvalue weighted by Gasteiger charge is -2.24. The Hall–Kier alpha value is -1.15. The van der Waals surface area contributed by atoms with E-state index in [0.29, 0.717) is 13.2 Å². The summed E-state index contributed by atoms with van der Waals surface area (Å²) in [5, 5.41) is 2.80. The Morgan fingerprint density at radius 1 is 1.33 bits per heavy atom. The molecule has 1 amide bonds. The molecule has 0 radical (unpaired) electrons. The van der Waals surface area contributed by atoms with Crippen LogP contribution in [0.3, 0.4) is 0 Å². The summed E-state index contributed by atoms with van der Waals surface area (Å²) < 4.78 is 32.8. The van der Waals surface area contributed by atoms with Crippen molar-refractivity contribution in [2.75, 3.05) is 19.8 Å². The first kappa shape index (κ1) is 16.2. The molecule has 1 aromatic rings. The highest BCUT2D eigenvalue weighted by Gasteiger charge is 2.24. The third kappa shape index (κ3) is 4.41. The number of nitrogens with one attached hydrogen (secondary N) is 1. The smallest absolute Gasteiger partial charge is 0.261 e. The van der Waals surface area contributed by atoms with Crippen LogP contribution in [0.25, 0.3) is 0 Å². The molecule has 0 spiro atoms. The van der Waals surface area contributed by atoms with Gasteiger partial charge in [-0.2, -0.15) is 0 Å². The van der Waals surface area contributed by atoms with Crippen LogP contribution >= 0.6 is 10.7 Å². The average Bonchev–Trinajstić information content (AvgIpc) is 2.47. The first-order valence-corrected chi connectivity index (χ1v) is 8.73. The van der Waals surface area contributed by atoms with E-state index in [4.69, 9.17) is 20.2 Å². The molecule has 1 aliphatic heterocycles. The first-order valence-electron chi connectivity index (χ1n) is 6.42. The molecule has 0 aromatic heterocycles. The van der Waals surface area contributed by atoms with Gasteiger partial charge >= 0.3 is 0 Å². The van der Waals surface area contributed by atoms with E-state index in [2.05, 4.69) is 5.32 Å². The van der Waals surface area contributed by atoms with Gasteiger partial charge in [0.15, 0.2) is 6.10 Å². The quantitative estimate of drug-likeness (QED) is 0.837. The Balaban J connectivity index is 1.99. The minimum absolute atomic E-state index is 0.0236. The maximum Gasteiger partial charge on any atom is 0.261 e. The summed E-state index contributed by atoms with van der Waals surface area (Å²) in [5.74, 6) is -0.253. The zero-order chi connectivity index (χ0) is 15.5. The summed E-state index contributed by atoms with van der Waals surface area (Å²) in [4.78, 5) is 12.0. The normalized spacial score (nSPS) is 20.8. The number of hydrogen-bond acceptors (Lipinski definition) is 5. The molecule has 6 nitrogen and oxygen atoms in total. The molecule has 21 heavy (non-hydrogen) atoms. The number of carbonyl (C=O) groups excluding carboxylic acids is 1. The van der Waals surface area contributed by atoms with Crippen LogP contribution in [0.1, 0.15) is 18.5 Å². The third-order valence-corrected chi connectivity index (χ3v) is 4.50. The van der Waals surface area contributed by atoms with Gasteiger partial charge in [-0.3, -0.25) is 4.79 Å². The van der Waals surface area contributed by atoms with Gasteiger partial charge in [0, 0.05) is 10.7 Å². The molecule has 1 aromatic carbocycles. The second-order valence-corrected chi connectivity index (χ2v) is 7.24. The number of hydrogen-bond donors (Lipinski definition) is 1. The van der Waals surface area contributed by atoms with E-state index < -0.39 is 15.2 Å². The highest BCUT2D eigenvalue weighted by Crippen LogP contribution is 2.19. The lowest BCUT2D eigenvalue weighted by atomic mass is 10.1. The molecule has 1 aliphatic rings. The Labute approximate surface area is 127 Å². The molecule has 1 N–H and O–H groups in total. The minimum atomic E-state index is -3.74. The molecule has 2 rings (SSSR count). The summed E-state index contributed by atoms with van der Waals surface area (Å²) in [7, 11) is 1.51. The molecule has 1 saturated heterocycles. The van der Waals surface area contributed by atoms with Crippen LogP contribution in [0.4, 0.5) is 0 Å². The van der Waals surface area contributed by atoms with Crippen molar-refractivity contribution in [1.82, 2.24) is 5.32 Å². The van der Waals surface area contributed by atoms with Crippen molar-refractivity contribution in [3.05, 3.63) is 29.8 Å². The predicted octanol–water partition coefficient (Wildman–Crippen LogP) is 1.21. The number of benzene rings is 1. The molecule has 2 atom stereocenters. The fourth-order valence-corrected chi connectivity index (χ4v) is 2.72. The number of amides is 1. The molecule has 1 heterocycles. The first-order chi connectivity index (χ1) is 9.88. The van der Waals surface area contributed by atoms with Crippen LogP contribution in [0.2, 0.25) is 0 Å². The Kier molecular flexibility index (Phi) is 5.21. The molecular formula is C13H16ClNO5S. The van der Waals surface area contributed by atoms with E-state index in [1.807, 2.05) is 0 Å². The van der Waals surface area contributed by atoms with Crippen molar-refractivity contribution in [3.63, 3.8) is 0 Å². The van der Waals surface area contributed by atoms with Crippen molar-refractivity contribution in [2.24, 2.45) is 0 Å². The van der Waals surface area contributed by atoms with E-state index in [9.17, 15) is 13.2 Å². The summed E-state index contributed by atoms with van der Waals surface area (Å²) >= 11 is 0. The number of carbonyl (C=O) groups is 1. The molecule has 0 aliphatic carbocycles. The van der Waals surface area contributed by atoms with Crippen molar-refractivity contribution < 1.29 is 22.7 Å². The maximum atomic E-state index is 12.0. The Morgan fingerprint density at radius 3 is 2.52 bits per heavy atom. The van der Waals surface area contributed by atoms with Crippen LogP contribution in [0, 0.1) is 0 Å². The van der Waals surface area contributed by atoms with Crippen LogP contribution in [-0.2, 0) is 23.3 Å². The molecule has 1 fully saturated rings. The lowest BCUT2D eigenvalue weighted by molar-refractivity contribution is -0.148. The molecule has 0 bridgehead atoms. The van der Waals surface area contributed by atoms with Gasteiger partial charge in [0.2, 0.25) is 0 Å². The molecule has 116 valence electrons. The van der Waals surface area contributed by atoms with Crippen molar-refractivity contribution in [2.45, 2.75) is 24.0 Å². The summed E-state index contributed by atoms with van der Waals surface area (Å²) in [6.07, 6.45) is -0.608. The fraction of sp³-hybridized carbons (Fsp3) is 0.462. The maximum absolute atomic E-state index is 12.0. The van der Waals surface area contributed by atoms with Gasteiger partial charge < -0.3 is 14.8 Å². The van der Waals surface area contributed by atoms with Gasteiger partial charge in [0.1, 0.15) is 0 Å². The van der Waals surface area contributed by atoms with E-state index in [1.165, 1.54) is 12.1 Å². The highest BCUT2D eigenvalue weighted by molar-refractivity contribution is 8.13. The van der Waals surface area contributed by atoms with Crippen molar-refractivity contribution in [1.29, 1.82) is 0 Å². The SMILES string of the molecule is CC(NC(=O)C1COCCO1)c1ccc(S(=O)(=O)Cl)cc1. The fourth-order valence-electron chi connectivity index (χ4n) is 1.95. The standard InChI is InChI=1S/C13H16ClNO5S/c1-9(15-13(16)12-8-19-6-7-20-12)10-2-4-11(5-3-10)21(14,17)18/h2-5,9,12H,6-8H2,1H3,(H,15,16). The number of rotatable bonds is 4. The zero-order valence-electron chi connectivity index (χ0n) is 11.4. The van der Waals surface area contributed by atoms with Crippen molar-refractivity contribution in [3.8, 4) is 0 Å². The van der Waals surface area contributed by atoms with Gasteiger partial charge in [-0.25, -0.2) is 8.42 Å². The van der Waals surface area contributed by atoms with Gasteiger partial charge in [0.25, 0.3) is 15.0 Å². The largest absolute Gasteiger partial charge is 0.376 e. The van der Waals surface area contributed by atoms with Crippen LogP contribution < -0.4 is 5.32 Å². The van der Waals surface area contributed by atoms with E-state index >= 15 is 0 Å². The highest BCUT2D eigenvalue weighted by atomic mass is 35.7. The van der Waals surface area contributed by atoms with Crippen LogP contribution in [-0.4, -0.2) is 40.2 Å². The van der Waals surface area contributed by atoms with Crippen LogP contribution in [0.5, 0.6) is 0 Å². The zero-order valence-corrected chi connectivity index (χ0v) is 13.0. The molecule has 2 unspecified atom stereocenters. The van der Waals surface area contributed by atoms with E-state index in [1.54, 1.807) is 19.1 Å². The summed E-state index contributed by atoms with van der Waals surface area (Å²) in [5.41, 5.74) is 0.768. The van der Waals surface area contributed by atoms with E-state index in [-0.39, 0.29) is 23.5 Å². The topological polar surface area (TPSA) is 81.7 Å². The minimum Gasteiger partial charge on any atom is -0.376 e. The summed E-state index contributed by atoms with van der Waals surface area (Å²) in [6, 6.07) is 5.74. The number of ether oxygens (including phenoxy) is 2. The van der Waals surface area contributed by atoms with Gasteiger partial charge in [0.05, 0.1) is 30.8 Å². The van der Waals surface area contributed by atoms with Crippen molar-refractivity contribution >= 4 is 25.6 Å². The van der Waals surface area contributed by atoms with Gasteiger partial charge in [-0.15, -0.1) is 0 Å². The molecule has 8 heteroatoms. The van der Waals surface area contributed by atoms with Gasteiger partial charge in [-0.1, -0.05) is 12.1 Å². The predicted molar refractivity (Wildman–Crippen MR) is 76.6 cm³/mol. The monoisotopic (exact) mass is 333 g/mol. The second-order valence-electron chi connectivity index (χ2n) is 4.67. The Bertz CT molecular complexity index is 595. The van der Waals surface area contributed by atoms with E-state index in [0.717, 1.165) is 5.56 Å². The lowest BCUT2D eigenvalue weighted by Crippen LogP contribution is -2.43. The molecule has 0 saturated carbocycles. The van der Waals surface area contributed by atoms with Gasteiger partial charge in [-0.05, 0) is 24.6 Å². The van der Waals surface area contributed by atoms with Crippen LogP contribution in [0.15, 0.2) is 29.2 Å². The second kappa shape index (κ2) is 6.74. The average molecular weight is 334 g/mol. The molecular weight excluding hydrogens is 318 g/mol. The summed E-state index contributed by atoms with van der Waals surface area (Å²) in [6.45, 7) is 2.93. The number of halogens is 1.